The minimum Gasteiger partial charge on any atom is -0.418 e. The van der Waals surface area contributed by atoms with Gasteiger partial charge in [0.25, 0.3) is 0 Å². The van der Waals surface area contributed by atoms with Crippen molar-refractivity contribution in [1.29, 1.82) is 0 Å². The summed E-state index contributed by atoms with van der Waals surface area (Å²) in [7, 11) is -6.00. The second-order valence-electron chi connectivity index (χ2n) is 2.32. The van der Waals surface area contributed by atoms with Crippen molar-refractivity contribution in [2.24, 2.45) is 0 Å². The van der Waals surface area contributed by atoms with Gasteiger partial charge in [-0.2, -0.15) is 0 Å². The Morgan fingerprint density at radius 3 is 1.36 bits per heavy atom. The summed E-state index contributed by atoms with van der Waals surface area (Å²) >= 11 is 0. The Bertz CT molecular complexity index is 119. The molecule has 0 unspecified atom stereocenters. The molecule has 0 radical (unpaired) electrons. The molecule has 0 bridgehead atoms. The van der Waals surface area contributed by atoms with Crippen molar-refractivity contribution in [3.05, 3.63) is 0 Å². The van der Waals surface area contributed by atoms with E-state index in [1.54, 1.807) is 0 Å². The molecule has 0 atom stereocenters. The monoisotopic (exact) mass is 171 g/mol. The van der Waals surface area contributed by atoms with Gasteiger partial charge in [-0.15, -0.1) is 0 Å². The molecular formula is C5H10BF4N. The zero-order chi connectivity index (χ0) is 8.91. The lowest BCUT2D eigenvalue weighted by atomic mass is 10.3. The van der Waals surface area contributed by atoms with Crippen LogP contribution in [0.3, 0.4) is 0 Å². The zero-order valence-electron chi connectivity index (χ0n) is 6.07. The summed E-state index contributed by atoms with van der Waals surface area (Å²) in [5, 5.41) is 0. The SMILES string of the molecule is C=[N+]1CCCC1.F[B-](F)(F)F. The fourth-order valence-corrected chi connectivity index (χ4v) is 0.783. The van der Waals surface area contributed by atoms with Gasteiger partial charge in [0.2, 0.25) is 0 Å². The van der Waals surface area contributed by atoms with Gasteiger partial charge in [0.1, 0.15) is 19.8 Å². The Balaban J connectivity index is 0.000000187. The third-order valence-electron chi connectivity index (χ3n) is 1.20. The van der Waals surface area contributed by atoms with E-state index in [1.165, 1.54) is 25.9 Å². The van der Waals surface area contributed by atoms with Crippen molar-refractivity contribution in [2.45, 2.75) is 12.8 Å². The van der Waals surface area contributed by atoms with Crippen LogP contribution in [0, 0.1) is 0 Å². The van der Waals surface area contributed by atoms with Crippen molar-refractivity contribution < 1.29 is 21.8 Å². The van der Waals surface area contributed by atoms with Gasteiger partial charge in [-0.25, -0.2) is 4.58 Å². The van der Waals surface area contributed by atoms with Crippen LogP contribution in [-0.2, 0) is 0 Å². The largest absolute Gasteiger partial charge is 0.673 e. The predicted octanol–water partition coefficient (Wildman–Crippen LogP) is 1.79. The summed E-state index contributed by atoms with van der Waals surface area (Å²) in [4.78, 5) is 0. The molecular weight excluding hydrogens is 161 g/mol. The molecule has 0 saturated carbocycles. The first-order valence-corrected chi connectivity index (χ1v) is 3.32. The molecule has 1 fully saturated rings. The first-order valence-electron chi connectivity index (χ1n) is 3.32. The first-order chi connectivity index (χ1) is 4.89. The highest BCUT2D eigenvalue weighted by molar-refractivity contribution is 6.50. The van der Waals surface area contributed by atoms with E-state index in [4.69, 9.17) is 0 Å². The molecule has 1 aliphatic heterocycles. The van der Waals surface area contributed by atoms with Crippen LogP contribution in [-0.4, -0.2) is 31.6 Å². The fourth-order valence-electron chi connectivity index (χ4n) is 0.783. The maximum atomic E-state index is 9.75. The lowest BCUT2D eigenvalue weighted by molar-refractivity contribution is -0.497. The lowest BCUT2D eigenvalue weighted by Gasteiger charge is -1.94. The van der Waals surface area contributed by atoms with Crippen molar-refractivity contribution >= 4 is 14.0 Å². The standard InChI is InChI=1S/C5H10N.BF4/c1-6-4-2-3-5-6;2-1(3,4)5/h1-5H2;/q+1;-1. The zero-order valence-corrected chi connectivity index (χ0v) is 6.07. The molecule has 1 nitrogen and oxygen atoms in total. The predicted molar refractivity (Wildman–Crippen MR) is 36.5 cm³/mol. The molecule has 0 N–H and O–H groups in total. The molecule has 1 heterocycles. The maximum absolute atomic E-state index is 9.75. The Kier molecular flexibility index (Phi) is 4.14. The normalized spacial score (nSPS) is 17.6. The number of hydrogen-bond donors (Lipinski definition) is 0. The summed E-state index contributed by atoms with van der Waals surface area (Å²) in [5.41, 5.74) is 0. The van der Waals surface area contributed by atoms with Crippen molar-refractivity contribution in [1.82, 2.24) is 0 Å². The van der Waals surface area contributed by atoms with Crippen LogP contribution in [0.15, 0.2) is 0 Å². The van der Waals surface area contributed by atoms with E-state index in [9.17, 15) is 17.3 Å². The summed E-state index contributed by atoms with van der Waals surface area (Å²) in [6.45, 7) is 6.19. The molecule has 0 aromatic heterocycles. The average molecular weight is 171 g/mol. The van der Waals surface area contributed by atoms with Gasteiger partial charge in [0.15, 0.2) is 0 Å². The third-order valence-corrected chi connectivity index (χ3v) is 1.20. The van der Waals surface area contributed by atoms with Gasteiger partial charge in [-0.3, -0.25) is 0 Å². The van der Waals surface area contributed by atoms with E-state index in [1.807, 2.05) is 0 Å². The van der Waals surface area contributed by atoms with Crippen LogP contribution in [0.1, 0.15) is 12.8 Å². The fraction of sp³-hybridized carbons (Fsp3) is 0.800. The molecule has 0 aromatic carbocycles. The van der Waals surface area contributed by atoms with Gasteiger partial charge in [-0.1, -0.05) is 0 Å². The minimum absolute atomic E-state index is 1.21. The number of nitrogens with zero attached hydrogens (tertiary/aromatic N) is 1. The maximum Gasteiger partial charge on any atom is 0.673 e. The Morgan fingerprint density at radius 2 is 1.27 bits per heavy atom. The molecule has 0 aliphatic carbocycles. The molecule has 1 aliphatic rings. The van der Waals surface area contributed by atoms with Crippen LogP contribution in [0.25, 0.3) is 0 Å². The second kappa shape index (κ2) is 4.36. The Hall–Kier alpha value is -0.545. The quantitative estimate of drug-likeness (QED) is 0.297. The van der Waals surface area contributed by atoms with Crippen molar-refractivity contribution in [3.8, 4) is 0 Å². The van der Waals surface area contributed by atoms with E-state index >= 15 is 0 Å². The summed E-state index contributed by atoms with van der Waals surface area (Å²) < 4.78 is 41.1. The summed E-state index contributed by atoms with van der Waals surface area (Å²) in [6.07, 6.45) is 2.70. The van der Waals surface area contributed by atoms with E-state index in [0.717, 1.165) is 0 Å². The highest BCUT2D eigenvalue weighted by atomic mass is 19.5. The van der Waals surface area contributed by atoms with Crippen LogP contribution in [0.2, 0.25) is 0 Å². The molecule has 0 amide bonds. The number of rotatable bonds is 0. The van der Waals surface area contributed by atoms with Crippen LogP contribution < -0.4 is 0 Å². The van der Waals surface area contributed by atoms with Crippen molar-refractivity contribution in [3.63, 3.8) is 0 Å². The number of hydrogen-bond acceptors (Lipinski definition) is 0. The molecule has 0 aromatic rings. The molecule has 1 rings (SSSR count). The molecule has 1 saturated heterocycles. The van der Waals surface area contributed by atoms with Gasteiger partial charge < -0.3 is 17.3 Å². The highest BCUT2D eigenvalue weighted by Gasteiger charge is 2.20. The van der Waals surface area contributed by atoms with Crippen LogP contribution in [0.5, 0.6) is 0 Å². The van der Waals surface area contributed by atoms with E-state index in [-0.39, 0.29) is 0 Å². The lowest BCUT2D eigenvalue weighted by Crippen LogP contribution is -2.02. The average Bonchev–Trinajstić information content (AvgIpc) is 2.12. The van der Waals surface area contributed by atoms with E-state index in [2.05, 4.69) is 11.3 Å². The van der Waals surface area contributed by atoms with E-state index < -0.39 is 7.25 Å². The van der Waals surface area contributed by atoms with Gasteiger partial charge >= 0.3 is 7.25 Å². The third kappa shape index (κ3) is 12.6. The molecule has 66 valence electrons. The number of halogens is 4. The smallest absolute Gasteiger partial charge is 0.418 e. The summed E-state index contributed by atoms with van der Waals surface area (Å²) in [6, 6.07) is 0. The van der Waals surface area contributed by atoms with Gasteiger partial charge in [-0.05, 0) is 0 Å². The van der Waals surface area contributed by atoms with Gasteiger partial charge in [0, 0.05) is 12.8 Å². The molecule has 0 spiro atoms. The Labute approximate surface area is 62.8 Å². The van der Waals surface area contributed by atoms with E-state index in [0.29, 0.717) is 0 Å². The molecule has 6 heteroatoms. The van der Waals surface area contributed by atoms with Crippen molar-refractivity contribution in [2.75, 3.05) is 13.1 Å². The van der Waals surface area contributed by atoms with Crippen LogP contribution in [0.4, 0.5) is 17.3 Å². The second-order valence-corrected chi connectivity index (χ2v) is 2.32. The molecule has 11 heavy (non-hydrogen) atoms. The highest BCUT2D eigenvalue weighted by Crippen LogP contribution is 2.06. The first kappa shape index (κ1) is 10.5. The van der Waals surface area contributed by atoms with Gasteiger partial charge in [0.05, 0.1) is 0 Å². The van der Waals surface area contributed by atoms with Crippen LogP contribution >= 0.6 is 0 Å². The minimum atomic E-state index is -6.00. The topological polar surface area (TPSA) is 3.01 Å². The summed E-state index contributed by atoms with van der Waals surface area (Å²) in [5.74, 6) is 0. The Morgan fingerprint density at radius 1 is 1.00 bits per heavy atom.